The van der Waals surface area contributed by atoms with Crippen molar-refractivity contribution in [2.24, 2.45) is 0 Å². The molecule has 0 atom stereocenters. The summed E-state index contributed by atoms with van der Waals surface area (Å²) in [6, 6.07) is 40.1. The van der Waals surface area contributed by atoms with Crippen LogP contribution in [0.5, 0.6) is 0 Å². The van der Waals surface area contributed by atoms with Crippen LogP contribution in [0.4, 0.5) is 0 Å². The molecule has 168 valence electrons. The van der Waals surface area contributed by atoms with Gasteiger partial charge in [-0.1, -0.05) is 84.9 Å². The van der Waals surface area contributed by atoms with Gasteiger partial charge in [-0.2, -0.15) is 0 Å². The van der Waals surface area contributed by atoms with Crippen molar-refractivity contribution in [1.82, 2.24) is 15.0 Å². The number of hydrogen-bond donors (Lipinski definition) is 0. The van der Waals surface area contributed by atoms with E-state index in [4.69, 9.17) is 4.98 Å². The minimum atomic E-state index is 0.867. The van der Waals surface area contributed by atoms with Crippen LogP contribution in [0.2, 0.25) is 0 Å². The molecule has 36 heavy (non-hydrogen) atoms. The number of hydrogen-bond acceptors (Lipinski definition) is 3. The average Bonchev–Trinajstić information content (AvgIpc) is 2.97. The molecule has 0 amide bonds. The van der Waals surface area contributed by atoms with Gasteiger partial charge in [0, 0.05) is 34.1 Å². The molecule has 0 bridgehead atoms. The Hall–Kier alpha value is -4.89. The molecule has 0 saturated heterocycles. The first-order valence-electron chi connectivity index (χ1n) is 12.0. The van der Waals surface area contributed by atoms with Gasteiger partial charge >= 0.3 is 0 Å². The number of benzene rings is 4. The van der Waals surface area contributed by atoms with Crippen LogP contribution in [0.1, 0.15) is 0 Å². The third-order valence-electron chi connectivity index (χ3n) is 6.77. The lowest BCUT2D eigenvalue weighted by molar-refractivity contribution is 1.25. The first-order chi connectivity index (χ1) is 17.8. The van der Waals surface area contributed by atoms with Crippen LogP contribution in [0.15, 0.2) is 128 Å². The number of aromatic nitrogens is 3. The van der Waals surface area contributed by atoms with Crippen LogP contribution in [-0.2, 0) is 0 Å². The zero-order valence-electron chi connectivity index (χ0n) is 19.5. The lowest BCUT2D eigenvalue weighted by atomic mass is 9.94. The van der Waals surface area contributed by atoms with Gasteiger partial charge in [0.05, 0.1) is 22.6 Å². The van der Waals surface area contributed by atoms with Crippen molar-refractivity contribution in [1.29, 1.82) is 0 Å². The van der Waals surface area contributed by atoms with E-state index in [1.165, 1.54) is 26.9 Å². The van der Waals surface area contributed by atoms with E-state index < -0.39 is 0 Å². The first-order valence-corrected chi connectivity index (χ1v) is 12.0. The maximum absolute atomic E-state index is 5.12. The van der Waals surface area contributed by atoms with E-state index in [1.54, 1.807) is 6.20 Å². The van der Waals surface area contributed by atoms with Gasteiger partial charge in [0.1, 0.15) is 0 Å². The third kappa shape index (κ3) is 3.41. The molecule has 3 heteroatoms. The Labute approximate surface area is 208 Å². The Balaban J connectivity index is 1.37. The minimum Gasteiger partial charge on any atom is -0.255 e. The van der Waals surface area contributed by atoms with Crippen LogP contribution in [0.3, 0.4) is 0 Å². The van der Waals surface area contributed by atoms with Crippen molar-refractivity contribution in [2.45, 2.75) is 0 Å². The van der Waals surface area contributed by atoms with E-state index in [-0.39, 0.29) is 0 Å². The molecule has 3 heterocycles. The van der Waals surface area contributed by atoms with Crippen molar-refractivity contribution in [2.75, 3.05) is 0 Å². The van der Waals surface area contributed by atoms with E-state index in [2.05, 4.69) is 101 Å². The standard InChI is InChI=1S/C33H21N3/c1-2-8-26-23(7-1)16-17-28-32(26)27-9-3-4-10-29(27)36-33(28)24-14-12-22(13-15-24)25-18-20-35-31(21-25)30-11-5-6-19-34-30/h1-21H. The summed E-state index contributed by atoms with van der Waals surface area (Å²) in [5.74, 6) is 0. The molecule has 0 radical (unpaired) electrons. The van der Waals surface area contributed by atoms with E-state index in [9.17, 15) is 0 Å². The second-order valence-electron chi connectivity index (χ2n) is 8.91. The molecule has 7 rings (SSSR count). The fourth-order valence-electron chi connectivity index (χ4n) is 5.03. The minimum absolute atomic E-state index is 0.867. The van der Waals surface area contributed by atoms with Crippen LogP contribution in [-0.4, -0.2) is 15.0 Å². The molecule has 7 aromatic rings. The quantitative estimate of drug-likeness (QED) is 0.249. The van der Waals surface area contributed by atoms with Gasteiger partial charge in [0.25, 0.3) is 0 Å². The van der Waals surface area contributed by atoms with Gasteiger partial charge < -0.3 is 0 Å². The van der Waals surface area contributed by atoms with Gasteiger partial charge in [0.2, 0.25) is 0 Å². The largest absolute Gasteiger partial charge is 0.255 e. The van der Waals surface area contributed by atoms with Crippen LogP contribution < -0.4 is 0 Å². The Kier molecular flexibility index (Phi) is 4.78. The van der Waals surface area contributed by atoms with E-state index >= 15 is 0 Å². The van der Waals surface area contributed by atoms with Gasteiger partial charge in [-0.3, -0.25) is 9.97 Å². The summed E-state index contributed by atoms with van der Waals surface area (Å²) in [7, 11) is 0. The Morgan fingerprint density at radius 1 is 0.444 bits per heavy atom. The van der Waals surface area contributed by atoms with Gasteiger partial charge in [-0.05, 0) is 52.2 Å². The molecule has 0 N–H and O–H groups in total. The van der Waals surface area contributed by atoms with Crippen molar-refractivity contribution < 1.29 is 0 Å². The molecule has 0 fully saturated rings. The number of para-hydroxylation sites is 1. The van der Waals surface area contributed by atoms with Crippen molar-refractivity contribution in [3.05, 3.63) is 128 Å². The van der Waals surface area contributed by atoms with E-state index in [0.717, 1.165) is 39.3 Å². The highest BCUT2D eigenvalue weighted by atomic mass is 14.8. The molecule has 0 aliphatic carbocycles. The van der Waals surface area contributed by atoms with E-state index in [1.807, 2.05) is 30.5 Å². The molecule has 0 aliphatic rings. The summed E-state index contributed by atoms with van der Waals surface area (Å²) in [5, 5.41) is 6.10. The molecule has 0 spiro atoms. The molecule has 4 aromatic carbocycles. The Morgan fingerprint density at radius 3 is 2.06 bits per heavy atom. The number of fused-ring (bicyclic) bond motifs is 5. The topological polar surface area (TPSA) is 38.7 Å². The summed E-state index contributed by atoms with van der Waals surface area (Å²) in [6.45, 7) is 0. The molecular weight excluding hydrogens is 438 g/mol. The summed E-state index contributed by atoms with van der Waals surface area (Å²) < 4.78 is 0. The first kappa shape index (κ1) is 20.5. The maximum Gasteiger partial charge on any atom is 0.0892 e. The predicted molar refractivity (Wildman–Crippen MR) is 149 cm³/mol. The summed E-state index contributed by atoms with van der Waals surface area (Å²) in [4.78, 5) is 14.1. The molecule has 0 unspecified atom stereocenters. The lowest BCUT2D eigenvalue weighted by Crippen LogP contribution is -1.91. The van der Waals surface area contributed by atoms with Gasteiger partial charge in [-0.15, -0.1) is 0 Å². The highest BCUT2D eigenvalue weighted by Crippen LogP contribution is 2.37. The molecule has 0 aliphatic heterocycles. The Bertz CT molecular complexity index is 1860. The fraction of sp³-hybridized carbons (Fsp3) is 0. The van der Waals surface area contributed by atoms with Crippen molar-refractivity contribution in [3.8, 4) is 33.8 Å². The average molecular weight is 460 g/mol. The smallest absolute Gasteiger partial charge is 0.0892 e. The predicted octanol–water partition coefficient (Wildman–Crippen LogP) is 8.33. The SMILES string of the molecule is c1ccc(-c2cc(-c3ccc(-c4nc5ccccc5c5c4ccc4ccccc45)cc3)ccn2)nc1. The maximum atomic E-state index is 5.12. The fourth-order valence-corrected chi connectivity index (χ4v) is 5.03. The monoisotopic (exact) mass is 459 g/mol. The number of pyridine rings is 3. The van der Waals surface area contributed by atoms with E-state index in [0.29, 0.717) is 0 Å². The van der Waals surface area contributed by atoms with Crippen molar-refractivity contribution in [3.63, 3.8) is 0 Å². The second kappa shape index (κ2) is 8.40. The third-order valence-corrected chi connectivity index (χ3v) is 6.77. The van der Waals surface area contributed by atoms with Crippen LogP contribution in [0, 0.1) is 0 Å². The molecule has 0 saturated carbocycles. The second-order valence-corrected chi connectivity index (χ2v) is 8.91. The van der Waals surface area contributed by atoms with Gasteiger partial charge in [-0.25, -0.2) is 4.98 Å². The van der Waals surface area contributed by atoms with Gasteiger partial charge in [0.15, 0.2) is 0 Å². The van der Waals surface area contributed by atoms with Crippen molar-refractivity contribution >= 4 is 32.4 Å². The summed E-state index contributed by atoms with van der Waals surface area (Å²) in [6.07, 6.45) is 3.64. The molecular formula is C33H21N3. The normalized spacial score (nSPS) is 11.3. The lowest BCUT2D eigenvalue weighted by Gasteiger charge is -2.13. The summed E-state index contributed by atoms with van der Waals surface area (Å²) >= 11 is 0. The van der Waals surface area contributed by atoms with Crippen LogP contribution >= 0.6 is 0 Å². The highest BCUT2D eigenvalue weighted by Gasteiger charge is 2.13. The number of nitrogens with zero attached hydrogens (tertiary/aromatic N) is 3. The highest BCUT2D eigenvalue weighted by molar-refractivity contribution is 6.22. The summed E-state index contributed by atoms with van der Waals surface area (Å²) in [5.41, 5.74) is 7.10. The zero-order valence-corrected chi connectivity index (χ0v) is 19.5. The molecule has 3 aromatic heterocycles. The molecule has 3 nitrogen and oxygen atoms in total. The Morgan fingerprint density at radius 2 is 1.19 bits per heavy atom. The van der Waals surface area contributed by atoms with Crippen LogP contribution in [0.25, 0.3) is 66.2 Å². The zero-order chi connectivity index (χ0) is 23.9. The number of rotatable bonds is 3.